The third-order valence-electron chi connectivity index (χ3n) is 4.47. The maximum Gasteiger partial charge on any atom is 0.242 e. The van der Waals surface area contributed by atoms with Crippen LogP contribution in [0.2, 0.25) is 0 Å². The Bertz CT molecular complexity index is 612. The van der Waals surface area contributed by atoms with Crippen molar-refractivity contribution in [3.63, 3.8) is 0 Å². The molecule has 0 saturated heterocycles. The Morgan fingerprint density at radius 2 is 2.00 bits per heavy atom. The smallest absolute Gasteiger partial charge is 0.242 e. The largest absolute Gasteiger partial charge is 0.309 e. The summed E-state index contributed by atoms with van der Waals surface area (Å²) < 4.78 is 28.6. The highest BCUT2D eigenvalue weighted by molar-refractivity contribution is 7.89. The molecular weight excluding hydrogens is 304 g/mol. The van der Waals surface area contributed by atoms with E-state index in [9.17, 15) is 8.42 Å². The summed E-state index contributed by atoms with van der Waals surface area (Å²) in [5.74, 6) is 0. The van der Waals surface area contributed by atoms with Crippen molar-refractivity contribution in [3.8, 4) is 0 Å². The predicted molar refractivity (Wildman–Crippen MR) is 86.1 cm³/mol. The van der Waals surface area contributed by atoms with Crippen LogP contribution in [0.15, 0.2) is 10.3 Å². The van der Waals surface area contributed by atoms with Crippen LogP contribution in [0, 0.1) is 6.92 Å². The summed E-state index contributed by atoms with van der Waals surface area (Å²) in [5, 5.41) is 5.37. The zero-order chi connectivity index (χ0) is 15.1. The van der Waals surface area contributed by atoms with E-state index in [0.717, 1.165) is 36.1 Å². The van der Waals surface area contributed by atoms with Crippen LogP contribution in [0.1, 0.15) is 55.9 Å². The number of hydrogen-bond donors (Lipinski definition) is 2. The molecule has 1 aromatic heterocycles. The standard InChI is InChI=1S/C15H24N2O2S2/c1-11-10-20-13(9-16-12-5-6-12)14(11)21(18,19)17-15(2)7-3-4-8-15/h10,12,16-17H,3-9H2,1-2H3. The summed E-state index contributed by atoms with van der Waals surface area (Å²) in [6.07, 6.45) is 6.51. The van der Waals surface area contributed by atoms with Gasteiger partial charge >= 0.3 is 0 Å². The van der Waals surface area contributed by atoms with Gasteiger partial charge in [-0.15, -0.1) is 11.3 Å². The average molecular weight is 329 g/mol. The van der Waals surface area contributed by atoms with Gasteiger partial charge in [0.15, 0.2) is 0 Å². The molecule has 1 heterocycles. The van der Waals surface area contributed by atoms with Gasteiger partial charge in [-0.05, 0) is 50.5 Å². The van der Waals surface area contributed by atoms with Crippen LogP contribution in [0.5, 0.6) is 0 Å². The summed E-state index contributed by atoms with van der Waals surface area (Å²) in [5.41, 5.74) is 0.593. The van der Waals surface area contributed by atoms with Gasteiger partial charge in [0.25, 0.3) is 0 Å². The summed E-state index contributed by atoms with van der Waals surface area (Å²) in [7, 11) is -3.43. The highest BCUT2D eigenvalue weighted by Gasteiger charge is 2.35. The SMILES string of the molecule is Cc1csc(CNC2CC2)c1S(=O)(=O)NC1(C)CCCC1. The van der Waals surface area contributed by atoms with E-state index in [4.69, 9.17) is 0 Å². The molecule has 3 rings (SSSR count). The lowest BCUT2D eigenvalue weighted by Gasteiger charge is -2.25. The van der Waals surface area contributed by atoms with Crippen molar-refractivity contribution in [2.75, 3.05) is 0 Å². The summed E-state index contributed by atoms with van der Waals surface area (Å²) >= 11 is 1.55. The first-order valence-corrected chi connectivity index (χ1v) is 10.1. The molecule has 6 heteroatoms. The quantitative estimate of drug-likeness (QED) is 0.844. The topological polar surface area (TPSA) is 58.2 Å². The predicted octanol–water partition coefficient (Wildman–Crippen LogP) is 2.92. The molecule has 1 aromatic rings. The molecular formula is C15H24N2O2S2. The van der Waals surface area contributed by atoms with Crippen molar-refractivity contribution in [1.29, 1.82) is 0 Å². The Kier molecular flexibility index (Phi) is 4.16. The van der Waals surface area contributed by atoms with Crippen molar-refractivity contribution in [2.45, 2.75) is 75.4 Å². The second-order valence-electron chi connectivity index (χ2n) is 6.70. The Hall–Kier alpha value is -0.430. The molecule has 2 N–H and O–H groups in total. The van der Waals surface area contributed by atoms with E-state index in [0.29, 0.717) is 17.5 Å². The van der Waals surface area contributed by atoms with Crippen LogP contribution in [0.4, 0.5) is 0 Å². The maximum absolute atomic E-state index is 12.8. The van der Waals surface area contributed by atoms with Gasteiger partial charge in [-0.3, -0.25) is 0 Å². The van der Waals surface area contributed by atoms with Gasteiger partial charge in [-0.1, -0.05) is 12.8 Å². The summed E-state index contributed by atoms with van der Waals surface area (Å²) in [4.78, 5) is 1.45. The zero-order valence-corrected chi connectivity index (χ0v) is 14.4. The van der Waals surface area contributed by atoms with Crippen molar-refractivity contribution < 1.29 is 8.42 Å². The molecule has 4 nitrogen and oxygen atoms in total. The highest BCUT2D eigenvalue weighted by atomic mass is 32.2. The van der Waals surface area contributed by atoms with Gasteiger partial charge in [0.2, 0.25) is 10.0 Å². The van der Waals surface area contributed by atoms with E-state index < -0.39 is 10.0 Å². The van der Waals surface area contributed by atoms with Gasteiger partial charge in [-0.25, -0.2) is 13.1 Å². The minimum absolute atomic E-state index is 0.269. The third-order valence-corrected chi connectivity index (χ3v) is 7.58. The Morgan fingerprint density at radius 1 is 1.33 bits per heavy atom. The maximum atomic E-state index is 12.8. The van der Waals surface area contributed by atoms with E-state index in [1.165, 1.54) is 12.8 Å². The van der Waals surface area contributed by atoms with Crippen molar-refractivity contribution in [3.05, 3.63) is 15.8 Å². The second-order valence-corrected chi connectivity index (χ2v) is 9.28. The van der Waals surface area contributed by atoms with Gasteiger partial charge in [0, 0.05) is 23.0 Å². The van der Waals surface area contributed by atoms with Crippen LogP contribution in [0.25, 0.3) is 0 Å². The van der Waals surface area contributed by atoms with Gasteiger partial charge in [0.05, 0.1) is 0 Å². The van der Waals surface area contributed by atoms with Crippen LogP contribution in [-0.4, -0.2) is 20.0 Å². The van der Waals surface area contributed by atoms with Gasteiger partial charge in [-0.2, -0.15) is 0 Å². The molecule has 2 saturated carbocycles. The number of rotatable bonds is 6. The fraction of sp³-hybridized carbons (Fsp3) is 0.733. The lowest BCUT2D eigenvalue weighted by molar-refractivity contribution is 0.427. The molecule has 0 aliphatic heterocycles. The number of nitrogens with one attached hydrogen (secondary N) is 2. The Labute approximate surface area is 131 Å². The molecule has 0 unspecified atom stereocenters. The van der Waals surface area contributed by atoms with Crippen molar-refractivity contribution >= 4 is 21.4 Å². The molecule has 118 valence electrons. The minimum Gasteiger partial charge on any atom is -0.309 e. The highest BCUT2D eigenvalue weighted by Crippen LogP contribution is 2.33. The van der Waals surface area contributed by atoms with Crippen LogP contribution < -0.4 is 10.0 Å². The van der Waals surface area contributed by atoms with Crippen LogP contribution >= 0.6 is 11.3 Å². The monoisotopic (exact) mass is 328 g/mol. The van der Waals surface area contributed by atoms with E-state index in [1.807, 2.05) is 19.2 Å². The number of hydrogen-bond acceptors (Lipinski definition) is 4. The minimum atomic E-state index is -3.43. The molecule has 0 spiro atoms. The Balaban J connectivity index is 1.81. The molecule has 2 fully saturated rings. The van der Waals surface area contributed by atoms with E-state index in [-0.39, 0.29) is 5.54 Å². The molecule has 0 amide bonds. The molecule has 21 heavy (non-hydrogen) atoms. The van der Waals surface area contributed by atoms with E-state index in [1.54, 1.807) is 11.3 Å². The number of aryl methyl sites for hydroxylation is 1. The lowest BCUT2D eigenvalue weighted by Crippen LogP contribution is -2.43. The second kappa shape index (κ2) is 5.65. The molecule has 0 radical (unpaired) electrons. The molecule has 0 aromatic carbocycles. The van der Waals surface area contributed by atoms with Crippen LogP contribution in [0.3, 0.4) is 0 Å². The normalized spacial score (nSPS) is 21.8. The molecule has 2 aliphatic rings. The summed E-state index contributed by atoms with van der Waals surface area (Å²) in [6.45, 7) is 4.58. The third kappa shape index (κ3) is 3.50. The number of sulfonamides is 1. The molecule has 2 aliphatic carbocycles. The average Bonchev–Trinajstić information content (AvgIpc) is 3.01. The van der Waals surface area contributed by atoms with Crippen molar-refractivity contribution in [2.24, 2.45) is 0 Å². The molecule has 0 bridgehead atoms. The fourth-order valence-corrected chi connectivity index (χ4v) is 6.36. The van der Waals surface area contributed by atoms with Crippen LogP contribution in [-0.2, 0) is 16.6 Å². The fourth-order valence-electron chi connectivity index (χ4n) is 3.13. The van der Waals surface area contributed by atoms with Crippen molar-refractivity contribution in [1.82, 2.24) is 10.0 Å². The van der Waals surface area contributed by atoms with E-state index >= 15 is 0 Å². The first-order valence-electron chi connectivity index (χ1n) is 7.74. The lowest BCUT2D eigenvalue weighted by atomic mass is 10.0. The van der Waals surface area contributed by atoms with Gasteiger partial charge < -0.3 is 5.32 Å². The van der Waals surface area contributed by atoms with Gasteiger partial charge in [0.1, 0.15) is 4.90 Å². The number of thiophene rings is 1. The first kappa shape index (κ1) is 15.5. The van der Waals surface area contributed by atoms with E-state index in [2.05, 4.69) is 10.0 Å². The zero-order valence-electron chi connectivity index (χ0n) is 12.7. The first-order chi connectivity index (χ1) is 9.90. The summed E-state index contributed by atoms with van der Waals surface area (Å²) in [6, 6.07) is 0.586. The molecule has 0 atom stereocenters. The Morgan fingerprint density at radius 3 is 2.62 bits per heavy atom.